The number of phenols is 1. The van der Waals surface area contributed by atoms with E-state index in [-0.39, 0.29) is 17.1 Å². The topological polar surface area (TPSA) is 63.3 Å². The lowest BCUT2D eigenvalue weighted by Gasteiger charge is -2.01. The van der Waals surface area contributed by atoms with Crippen LogP contribution in [0.15, 0.2) is 12.1 Å². The second kappa shape index (κ2) is 3.72. The molecule has 0 spiro atoms. The van der Waals surface area contributed by atoms with Gasteiger partial charge in [0.05, 0.1) is 11.6 Å². The second-order valence-electron chi connectivity index (χ2n) is 2.42. The van der Waals surface area contributed by atoms with Gasteiger partial charge in [-0.05, 0) is 12.1 Å². The van der Waals surface area contributed by atoms with Crippen LogP contribution >= 0.6 is 11.6 Å². The van der Waals surface area contributed by atoms with Gasteiger partial charge in [-0.25, -0.2) is 4.39 Å². The molecule has 0 unspecified atom stereocenters. The molecule has 1 rings (SSSR count). The van der Waals surface area contributed by atoms with Gasteiger partial charge >= 0.3 is 0 Å². The predicted molar refractivity (Wildman–Crippen MR) is 46.5 cm³/mol. The highest BCUT2D eigenvalue weighted by Gasteiger charge is 2.11. The largest absolute Gasteiger partial charge is 0.505 e. The zero-order chi connectivity index (χ0) is 10.0. The molecule has 0 aliphatic carbocycles. The van der Waals surface area contributed by atoms with Crippen molar-refractivity contribution >= 4 is 17.4 Å². The van der Waals surface area contributed by atoms with Gasteiger partial charge in [-0.2, -0.15) is 0 Å². The van der Waals surface area contributed by atoms with E-state index in [0.29, 0.717) is 0 Å². The molecule has 0 aliphatic heterocycles. The van der Waals surface area contributed by atoms with Gasteiger partial charge in [-0.3, -0.25) is 4.79 Å². The van der Waals surface area contributed by atoms with Crippen LogP contribution in [-0.4, -0.2) is 17.4 Å². The maximum atomic E-state index is 12.8. The summed E-state index contributed by atoms with van der Waals surface area (Å²) in [7, 11) is 0. The summed E-state index contributed by atoms with van der Waals surface area (Å²) in [6, 6.07) is 2.13. The predicted octanol–water partition coefficient (Wildman–Crippen LogP) is 1.33. The number of aromatic hydroxyl groups is 1. The summed E-state index contributed by atoms with van der Waals surface area (Å²) in [5.41, 5.74) is 5.18. The van der Waals surface area contributed by atoms with Gasteiger partial charge in [-0.15, -0.1) is 0 Å². The Morgan fingerprint density at radius 1 is 1.62 bits per heavy atom. The van der Waals surface area contributed by atoms with Gasteiger partial charge in [0.1, 0.15) is 0 Å². The molecule has 0 saturated heterocycles. The molecule has 3 N–H and O–H groups in total. The molecular weight excluding hydrogens is 197 g/mol. The minimum absolute atomic E-state index is 0.103. The van der Waals surface area contributed by atoms with Gasteiger partial charge in [0.25, 0.3) is 0 Å². The van der Waals surface area contributed by atoms with Crippen LogP contribution in [0.3, 0.4) is 0 Å². The Bertz CT molecular complexity index is 331. The van der Waals surface area contributed by atoms with Crippen LogP contribution in [0, 0.1) is 5.82 Å². The molecule has 0 radical (unpaired) electrons. The minimum atomic E-state index is -0.935. The lowest BCUT2D eigenvalue weighted by atomic mass is 10.1. The third-order valence-corrected chi connectivity index (χ3v) is 1.79. The third kappa shape index (κ3) is 1.96. The monoisotopic (exact) mass is 203 g/mol. The molecule has 1 aromatic rings. The van der Waals surface area contributed by atoms with Crippen LogP contribution in [0.1, 0.15) is 10.4 Å². The van der Waals surface area contributed by atoms with Crippen molar-refractivity contribution in [3.63, 3.8) is 0 Å². The van der Waals surface area contributed by atoms with E-state index in [4.69, 9.17) is 22.4 Å². The lowest BCUT2D eigenvalue weighted by Crippen LogP contribution is -2.13. The van der Waals surface area contributed by atoms with E-state index in [0.717, 1.165) is 12.1 Å². The van der Waals surface area contributed by atoms with Crippen LogP contribution in [0.2, 0.25) is 5.02 Å². The zero-order valence-corrected chi connectivity index (χ0v) is 7.31. The lowest BCUT2D eigenvalue weighted by molar-refractivity contribution is 0.100. The minimum Gasteiger partial charge on any atom is -0.505 e. The third-order valence-electron chi connectivity index (χ3n) is 1.52. The van der Waals surface area contributed by atoms with Crippen molar-refractivity contribution in [1.29, 1.82) is 0 Å². The quantitative estimate of drug-likeness (QED) is 0.713. The van der Waals surface area contributed by atoms with Crippen LogP contribution < -0.4 is 5.73 Å². The highest BCUT2D eigenvalue weighted by molar-refractivity contribution is 6.31. The normalized spacial score (nSPS) is 10.1. The van der Waals surface area contributed by atoms with E-state index in [1.165, 1.54) is 0 Å². The summed E-state index contributed by atoms with van der Waals surface area (Å²) >= 11 is 5.39. The van der Waals surface area contributed by atoms with E-state index < -0.39 is 17.3 Å². The smallest absolute Gasteiger partial charge is 0.183 e. The van der Waals surface area contributed by atoms with Gasteiger partial charge in [0.15, 0.2) is 17.3 Å². The summed E-state index contributed by atoms with van der Waals surface area (Å²) in [4.78, 5) is 11.0. The number of carbonyl (C=O) groups excluding carboxylic acids is 1. The number of hydrogen-bond acceptors (Lipinski definition) is 3. The van der Waals surface area contributed by atoms with Crippen molar-refractivity contribution in [1.82, 2.24) is 0 Å². The maximum Gasteiger partial charge on any atom is 0.183 e. The second-order valence-corrected chi connectivity index (χ2v) is 2.83. The molecule has 13 heavy (non-hydrogen) atoms. The Morgan fingerprint density at radius 3 is 2.69 bits per heavy atom. The number of nitrogens with two attached hydrogens (primary N) is 1. The highest BCUT2D eigenvalue weighted by Crippen LogP contribution is 2.25. The Balaban J connectivity index is 3.20. The molecule has 0 aromatic heterocycles. The Kier molecular flexibility index (Phi) is 2.85. The molecule has 0 atom stereocenters. The Morgan fingerprint density at radius 2 is 2.23 bits per heavy atom. The van der Waals surface area contributed by atoms with E-state index in [1.54, 1.807) is 0 Å². The standard InChI is InChI=1S/C8H7ClFNO2/c9-5-1-4(7(13)3-11)2-6(12)8(5)10/h1-2,12H,3,11H2. The van der Waals surface area contributed by atoms with Crippen molar-refractivity contribution in [3.8, 4) is 5.75 Å². The number of halogens is 2. The fourth-order valence-electron chi connectivity index (χ4n) is 0.853. The zero-order valence-electron chi connectivity index (χ0n) is 6.55. The van der Waals surface area contributed by atoms with Crippen molar-refractivity contribution in [2.75, 3.05) is 6.54 Å². The molecular formula is C8H7ClFNO2. The van der Waals surface area contributed by atoms with Crippen LogP contribution in [0.4, 0.5) is 4.39 Å². The van der Waals surface area contributed by atoms with Gasteiger partial charge < -0.3 is 10.8 Å². The maximum absolute atomic E-state index is 12.8. The fourth-order valence-corrected chi connectivity index (χ4v) is 1.07. The first-order valence-electron chi connectivity index (χ1n) is 3.47. The van der Waals surface area contributed by atoms with Crippen molar-refractivity contribution in [2.24, 2.45) is 5.73 Å². The first kappa shape index (κ1) is 9.95. The number of Topliss-reactive ketones (excluding diaryl/α,β-unsaturated/α-hetero) is 1. The highest BCUT2D eigenvalue weighted by atomic mass is 35.5. The van der Waals surface area contributed by atoms with E-state index in [1.807, 2.05) is 0 Å². The number of rotatable bonds is 2. The Labute approximate surface area is 78.9 Å². The summed E-state index contributed by atoms with van der Waals surface area (Å²) in [6.07, 6.45) is 0. The van der Waals surface area contributed by atoms with Crippen LogP contribution in [0.5, 0.6) is 5.75 Å². The molecule has 0 bridgehead atoms. The SMILES string of the molecule is NCC(=O)c1cc(O)c(F)c(Cl)c1. The number of hydrogen-bond donors (Lipinski definition) is 2. The summed E-state index contributed by atoms with van der Waals surface area (Å²) in [6.45, 7) is -0.207. The number of ketones is 1. The summed E-state index contributed by atoms with van der Waals surface area (Å²) in [5.74, 6) is -1.99. The van der Waals surface area contributed by atoms with Crippen LogP contribution in [-0.2, 0) is 0 Å². The van der Waals surface area contributed by atoms with Crippen molar-refractivity contribution in [2.45, 2.75) is 0 Å². The fraction of sp³-hybridized carbons (Fsp3) is 0.125. The molecule has 0 heterocycles. The number of carbonyl (C=O) groups is 1. The molecule has 0 saturated carbocycles. The molecule has 5 heteroatoms. The average Bonchev–Trinajstić information content (AvgIpc) is 2.12. The summed E-state index contributed by atoms with van der Waals surface area (Å²) < 4.78 is 12.8. The number of benzene rings is 1. The van der Waals surface area contributed by atoms with Gasteiger partial charge in [0.2, 0.25) is 0 Å². The van der Waals surface area contributed by atoms with E-state index in [9.17, 15) is 9.18 Å². The number of phenolic OH excluding ortho intramolecular Hbond substituents is 1. The molecule has 0 amide bonds. The van der Waals surface area contributed by atoms with Gasteiger partial charge in [0, 0.05) is 5.56 Å². The molecule has 3 nitrogen and oxygen atoms in total. The summed E-state index contributed by atoms with van der Waals surface area (Å²) in [5, 5.41) is 8.68. The van der Waals surface area contributed by atoms with E-state index in [2.05, 4.69) is 0 Å². The first-order chi connectivity index (χ1) is 6.06. The molecule has 0 aliphatic rings. The van der Waals surface area contributed by atoms with Crippen LogP contribution in [0.25, 0.3) is 0 Å². The van der Waals surface area contributed by atoms with Crippen molar-refractivity contribution in [3.05, 3.63) is 28.5 Å². The first-order valence-corrected chi connectivity index (χ1v) is 3.85. The molecule has 1 aromatic carbocycles. The Hall–Kier alpha value is -1.13. The molecule has 70 valence electrons. The van der Waals surface area contributed by atoms with Crippen molar-refractivity contribution < 1.29 is 14.3 Å². The van der Waals surface area contributed by atoms with Gasteiger partial charge in [-0.1, -0.05) is 11.6 Å². The molecule has 0 fully saturated rings. The average molecular weight is 204 g/mol. The van der Waals surface area contributed by atoms with E-state index >= 15 is 0 Å².